The molecule has 0 radical (unpaired) electrons. The Morgan fingerprint density at radius 1 is 1.19 bits per heavy atom. The number of carbonyl (C=O) groups excluding carboxylic acids is 1. The molecule has 0 aliphatic rings. The third-order valence-electron chi connectivity index (χ3n) is 1.87. The number of esters is 1. The van der Waals surface area contributed by atoms with Gasteiger partial charge in [-0.05, 0) is 45.7 Å². The smallest absolute Gasteiger partial charge is 0.333 e. The van der Waals surface area contributed by atoms with Crippen molar-refractivity contribution in [3.63, 3.8) is 0 Å². The van der Waals surface area contributed by atoms with Gasteiger partial charge in [0.05, 0.1) is 6.61 Å². The second kappa shape index (κ2) is 5.79. The first kappa shape index (κ1) is 15.6. The first-order valence-electron chi connectivity index (χ1n) is 5.56. The van der Waals surface area contributed by atoms with E-state index in [1.807, 2.05) is 0 Å². The molecule has 0 aromatic carbocycles. The van der Waals surface area contributed by atoms with Gasteiger partial charge in [0.25, 0.3) is 0 Å². The van der Waals surface area contributed by atoms with Crippen molar-refractivity contribution < 1.29 is 13.6 Å². The third-order valence-corrected chi connectivity index (χ3v) is 7.94. The lowest BCUT2D eigenvalue weighted by Crippen LogP contribution is -2.42. The Hall–Kier alpha value is -0.396. The van der Waals surface area contributed by atoms with Gasteiger partial charge in [-0.2, -0.15) is 0 Å². The summed E-state index contributed by atoms with van der Waals surface area (Å²) in [5.74, 6) is -0.308. The molecule has 0 rings (SSSR count). The molecule has 0 spiro atoms. The van der Waals surface area contributed by atoms with E-state index in [1.54, 1.807) is 6.92 Å². The Labute approximate surface area is 101 Å². The van der Waals surface area contributed by atoms with Gasteiger partial charge in [0.15, 0.2) is 16.6 Å². The standard InChI is InChI=1S/C11H24O3Si2/c1-10(2)11(12)13-8-9-16(6,7)14-15(3,4)5/h1,8-9H2,2-7H3. The molecule has 0 bridgehead atoms. The lowest BCUT2D eigenvalue weighted by Gasteiger charge is -2.31. The van der Waals surface area contributed by atoms with Crippen molar-refractivity contribution in [2.24, 2.45) is 0 Å². The minimum atomic E-state index is -1.69. The van der Waals surface area contributed by atoms with Crippen LogP contribution < -0.4 is 0 Å². The fourth-order valence-corrected chi connectivity index (χ4v) is 9.03. The van der Waals surface area contributed by atoms with Crippen LogP contribution in [-0.2, 0) is 13.6 Å². The SMILES string of the molecule is C=C(C)C(=O)OCC[Si](C)(C)O[Si](C)(C)C. The molecule has 0 N–H and O–H groups in total. The maximum Gasteiger partial charge on any atom is 0.333 e. The minimum Gasteiger partial charge on any atom is -0.463 e. The van der Waals surface area contributed by atoms with Crippen molar-refractivity contribution in [3.8, 4) is 0 Å². The number of carbonyl (C=O) groups is 1. The number of ether oxygens (including phenoxy) is 1. The number of hydrogen-bond donors (Lipinski definition) is 0. The summed E-state index contributed by atoms with van der Waals surface area (Å²) >= 11 is 0. The normalized spacial score (nSPS) is 12.4. The molecule has 0 aromatic rings. The van der Waals surface area contributed by atoms with Crippen molar-refractivity contribution in [1.29, 1.82) is 0 Å². The number of hydrogen-bond acceptors (Lipinski definition) is 3. The molecule has 5 heteroatoms. The first-order valence-corrected chi connectivity index (χ1v) is 12.1. The molecule has 0 unspecified atom stereocenters. The summed E-state index contributed by atoms with van der Waals surface area (Å²) in [4.78, 5) is 11.2. The van der Waals surface area contributed by atoms with Crippen molar-refractivity contribution in [1.82, 2.24) is 0 Å². The molecule has 0 amide bonds. The van der Waals surface area contributed by atoms with Crippen molar-refractivity contribution in [2.75, 3.05) is 6.61 Å². The largest absolute Gasteiger partial charge is 0.463 e. The van der Waals surface area contributed by atoms with E-state index >= 15 is 0 Å². The molecule has 0 atom stereocenters. The fraction of sp³-hybridized carbons (Fsp3) is 0.727. The Balaban J connectivity index is 4.01. The molecular weight excluding hydrogens is 236 g/mol. The van der Waals surface area contributed by atoms with Crippen LogP contribution in [0.4, 0.5) is 0 Å². The summed E-state index contributed by atoms with van der Waals surface area (Å²) in [6, 6.07) is 0.844. The molecule has 0 aliphatic carbocycles. The Morgan fingerprint density at radius 3 is 2.06 bits per heavy atom. The topological polar surface area (TPSA) is 35.5 Å². The van der Waals surface area contributed by atoms with Crippen LogP contribution in [0.15, 0.2) is 12.2 Å². The second-order valence-electron chi connectivity index (χ2n) is 5.64. The molecular formula is C11H24O3Si2. The monoisotopic (exact) mass is 260 g/mol. The Morgan fingerprint density at radius 2 is 1.69 bits per heavy atom. The van der Waals surface area contributed by atoms with Gasteiger partial charge in [0, 0.05) is 5.57 Å². The van der Waals surface area contributed by atoms with Crippen molar-refractivity contribution in [2.45, 2.75) is 45.7 Å². The maximum absolute atomic E-state index is 11.2. The summed E-state index contributed by atoms with van der Waals surface area (Å²) in [7, 11) is -3.17. The predicted octanol–water partition coefficient (Wildman–Crippen LogP) is 3.16. The van der Waals surface area contributed by atoms with E-state index in [0.717, 1.165) is 6.04 Å². The van der Waals surface area contributed by atoms with Gasteiger partial charge in [-0.15, -0.1) is 0 Å². The van der Waals surface area contributed by atoms with Gasteiger partial charge >= 0.3 is 5.97 Å². The highest BCUT2D eigenvalue weighted by atomic mass is 28.4. The average molecular weight is 260 g/mol. The van der Waals surface area contributed by atoms with Crippen LogP contribution >= 0.6 is 0 Å². The molecule has 0 saturated carbocycles. The van der Waals surface area contributed by atoms with Gasteiger partial charge in [-0.1, -0.05) is 6.58 Å². The third kappa shape index (κ3) is 7.84. The van der Waals surface area contributed by atoms with E-state index in [-0.39, 0.29) is 5.97 Å². The first-order chi connectivity index (χ1) is 7.03. The van der Waals surface area contributed by atoms with Gasteiger partial charge in [-0.3, -0.25) is 0 Å². The molecule has 0 aliphatic heterocycles. The van der Waals surface area contributed by atoms with Crippen molar-refractivity contribution >= 4 is 22.6 Å². The van der Waals surface area contributed by atoms with Crippen LogP contribution in [0, 0.1) is 0 Å². The summed E-state index contributed by atoms with van der Waals surface area (Å²) < 4.78 is 11.2. The van der Waals surface area contributed by atoms with E-state index in [2.05, 4.69) is 39.3 Å². The molecule has 16 heavy (non-hydrogen) atoms. The van der Waals surface area contributed by atoms with Crippen LogP contribution in [0.3, 0.4) is 0 Å². The van der Waals surface area contributed by atoms with E-state index in [1.165, 1.54) is 0 Å². The van der Waals surface area contributed by atoms with Crippen molar-refractivity contribution in [3.05, 3.63) is 12.2 Å². The fourth-order valence-electron chi connectivity index (χ4n) is 1.39. The predicted molar refractivity (Wildman–Crippen MR) is 72.5 cm³/mol. The van der Waals surface area contributed by atoms with Crippen LogP contribution in [0.25, 0.3) is 0 Å². The zero-order valence-electron chi connectivity index (χ0n) is 11.3. The minimum absolute atomic E-state index is 0.308. The maximum atomic E-state index is 11.2. The van der Waals surface area contributed by atoms with Gasteiger partial charge in [-0.25, -0.2) is 4.79 Å². The molecule has 0 aromatic heterocycles. The summed E-state index contributed by atoms with van der Waals surface area (Å²) in [5, 5.41) is 0. The quantitative estimate of drug-likeness (QED) is 0.418. The zero-order chi connectivity index (χ0) is 13.0. The highest BCUT2D eigenvalue weighted by Gasteiger charge is 2.29. The van der Waals surface area contributed by atoms with Gasteiger partial charge in [0.1, 0.15) is 0 Å². The highest BCUT2D eigenvalue weighted by Crippen LogP contribution is 2.18. The Kier molecular flexibility index (Phi) is 5.65. The van der Waals surface area contributed by atoms with E-state index < -0.39 is 16.6 Å². The Bertz CT molecular complexity index is 267. The summed E-state index contributed by atoms with van der Waals surface area (Å²) in [6.07, 6.45) is 0. The van der Waals surface area contributed by atoms with E-state index in [9.17, 15) is 4.79 Å². The van der Waals surface area contributed by atoms with Gasteiger partial charge in [0.2, 0.25) is 0 Å². The lowest BCUT2D eigenvalue weighted by molar-refractivity contribution is -0.138. The molecule has 0 saturated heterocycles. The molecule has 3 nitrogen and oxygen atoms in total. The van der Waals surface area contributed by atoms with Crippen LogP contribution in [-0.4, -0.2) is 29.2 Å². The van der Waals surface area contributed by atoms with E-state index in [4.69, 9.17) is 8.85 Å². The summed E-state index contributed by atoms with van der Waals surface area (Å²) in [5.41, 5.74) is 0.450. The average Bonchev–Trinajstić information content (AvgIpc) is 1.98. The summed E-state index contributed by atoms with van der Waals surface area (Å²) in [6.45, 7) is 16.5. The second-order valence-corrected chi connectivity index (χ2v) is 14.7. The van der Waals surface area contributed by atoms with Crippen LogP contribution in [0.2, 0.25) is 38.8 Å². The van der Waals surface area contributed by atoms with Crippen LogP contribution in [0.5, 0.6) is 0 Å². The molecule has 0 fully saturated rings. The van der Waals surface area contributed by atoms with E-state index in [0.29, 0.717) is 12.2 Å². The van der Waals surface area contributed by atoms with Gasteiger partial charge < -0.3 is 8.85 Å². The zero-order valence-corrected chi connectivity index (χ0v) is 13.3. The highest BCUT2D eigenvalue weighted by molar-refractivity contribution is 6.84. The molecule has 0 heterocycles. The lowest BCUT2D eigenvalue weighted by atomic mass is 10.4. The molecule has 94 valence electrons. The van der Waals surface area contributed by atoms with Crippen LogP contribution in [0.1, 0.15) is 6.92 Å². The number of rotatable bonds is 6.